The van der Waals surface area contributed by atoms with Gasteiger partial charge in [0.1, 0.15) is 0 Å². The summed E-state index contributed by atoms with van der Waals surface area (Å²) in [6, 6.07) is 0. The molecule has 0 saturated carbocycles. The molecular weight excluding hydrogens is 245 g/mol. The number of aromatic nitrogens is 4. The minimum atomic E-state index is -0.561. The van der Waals surface area contributed by atoms with Crippen molar-refractivity contribution < 1.29 is 4.39 Å². The highest BCUT2D eigenvalue weighted by molar-refractivity contribution is 6.28. The number of anilines is 1. The molecule has 2 aromatic heterocycles. The maximum atomic E-state index is 13.3. The van der Waals surface area contributed by atoms with Crippen molar-refractivity contribution in [1.29, 1.82) is 0 Å². The van der Waals surface area contributed by atoms with Crippen molar-refractivity contribution in [2.75, 3.05) is 5.32 Å². The summed E-state index contributed by atoms with van der Waals surface area (Å²) in [4.78, 5) is 15.4. The highest BCUT2D eigenvalue weighted by Crippen LogP contribution is 2.12. The van der Waals surface area contributed by atoms with Crippen LogP contribution < -0.4 is 5.32 Å². The lowest BCUT2D eigenvalue weighted by atomic mass is 10.4. The zero-order valence-corrected chi connectivity index (χ0v) is 9.74. The molecule has 0 aliphatic heterocycles. The first kappa shape index (κ1) is 11.7. The van der Waals surface area contributed by atoms with Crippen LogP contribution in [0, 0.1) is 12.7 Å². The zero-order valence-electron chi connectivity index (χ0n) is 8.98. The molecule has 0 fully saturated rings. The van der Waals surface area contributed by atoms with Crippen LogP contribution in [0.1, 0.15) is 11.4 Å². The van der Waals surface area contributed by atoms with Crippen LogP contribution in [0.5, 0.6) is 0 Å². The molecule has 88 valence electrons. The van der Waals surface area contributed by atoms with Crippen LogP contribution in [0.3, 0.4) is 0 Å². The summed E-state index contributed by atoms with van der Waals surface area (Å²) in [6.07, 6.45) is 4.27. The van der Waals surface area contributed by atoms with Gasteiger partial charge in [0.15, 0.2) is 11.6 Å². The Kier molecular flexibility index (Phi) is 3.43. The van der Waals surface area contributed by atoms with Gasteiger partial charge in [-0.25, -0.2) is 9.37 Å². The lowest BCUT2D eigenvalue weighted by Gasteiger charge is -2.05. The van der Waals surface area contributed by atoms with Crippen molar-refractivity contribution in [3.8, 4) is 0 Å². The molecule has 2 heterocycles. The van der Waals surface area contributed by atoms with Gasteiger partial charge in [-0.05, 0) is 18.5 Å². The second kappa shape index (κ2) is 5.01. The maximum Gasteiger partial charge on any atom is 0.224 e. The van der Waals surface area contributed by atoms with Gasteiger partial charge in [-0.3, -0.25) is 9.97 Å². The molecule has 2 rings (SSSR count). The molecule has 0 bridgehead atoms. The van der Waals surface area contributed by atoms with E-state index in [2.05, 4.69) is 25.3 Å². The predicted molar refractivity (Wildman–Crippen MR) is 61.1 cm³/mol. The van der Waals surface area contributed by atoms with Gasteiger partial charge in [0.2, 0.25) is 5.28 Å². The molecule has 5 nitrogen and oxygen atoms in total. The SMILES string of the molecule is Cc1cnc(CNc2nc(Cl)ncc2F)cn1. The van der Waals surface area contributed by atoms with Crippen molar-refractivity contribution in [2.24, 2.45) is 0 Å². The number of hydrogen-bond donors (Lipinski definition) is 1. The minimum Gasteiger partial charge on any atom is -0.362 e. The van der Waals surface area contributed by atoms with E-state index in [0.29, 0.717) is 12.2 Å². The summed E-state index contributed by atoms with van der Waals surface area (Å²) in [5.74, 6) is -0.512. The van der Waals surface area contributed by atoms with Crippen LogP contribution >= 0.6 is 11.6 Å². The van der Waals surface area contributed by atoms with Gasteiger partial charge in [0.05, 0.1) is 30.3 Å². The van der Waals surface area contributed by atoms with Gasteiger partial charge < -0.3 is 5.32 Å². The summed E-state index contributed by atoms with van der Waals surface area (Å²) in [6.45, 7) is 2.16. The number of hydrogen-bond acceptors (Lipinski definition) is 5. The highest BCUT2D eigenvalue weighted by atomic mass is 35.5. The van der Waals surface area contributed by atoms with Gasteiger partial charge >= 0.3 is 0 Å². The average molecular weight is 254 g/mol. The molecular formula is C10H9ClFN5. The minimum absolute atomic E-state index is 0.0103. The van der Waals surface area contributed by atoms with Crippen molar-refractivity contribution in [2.45, 2.75) is 13.5 Å². The molecule has 0 saturated heterocycles. The third kappa shape index (κ3) is 3.07. The van der Waals surface area contributed by atoms with Gasteiger partial charge in [0.25, 0.3) is 0 Å². The first-order chi connectivity index (χ1) is 8.15. The topological polar surface area (TPSA) is 63.6 Å². The Morgan fingerprint density at radius 1 is 1.24 bits per heavy atom. The van der Waals surface area contributed by atoms with E-state index in [9.17, 15) is 4.39 Å². The molecule has 0 atom stereocenters. The third-order valence-electron chi connectivity index (χ3n) is 1.99. The second-order valence-corrected chi connectivity index (χ2v) is 3.68. The molecule has 0 spiro atoms. The number of rotatable bonds is 3. The van der Waals surface area contributed by atoms with E-state index in [4.69, 9.17) is 11.6 Å². The van der Waals surface area contributed by atoms with Crippen LogP contribution in [0.4, 0.5) is 10.2 Å². The fraction of sp³-hybridized carbons (Fsp3) is 0.200. The molecule has 0 aliphatic carbocycles. The molecule has 7 heteroatoms. The fourth-order valence-corrected chi connectivity index (χ4v) is 1.29. The molecule has 1 N–H and O–H groups in total. The van der Waals surface area contributed by atoms with E-state index < -0.39 is 5.82 Å². The van der Waals surface area contributed by atoms with Crippen molar-refractivity contribution in [3.63, 3.8) is 0 Å². The number of nitrogens with zero attached hydrogens (tertiary/aromatic N) is 4. The molecule has 0 amide bonds. The predicted octanol–water partition coefficient (Wildman–Crippen LogP) is 1.98. The van der Waals surface area contributed by atoms with Crippen LogP contribution in [0.15, 0.2) is 18.6 Å². The number of halogens is 2. The standard InChI is InChI=1S/C10H9ClFN5/c1-6-2-14-7(3-13-6)4-15-9-8(12)5-16-10(11)17-9/h2-3,5H,4H2,1H3,(H,15,16,17). The van der Waals surface area contributed by atoms with Crippen LogP contribution in [0.25, 0.3) is 0 Å². The third-order valence-corrected chi connectivity index (χ3v) is 2.17. The van der Waals surface area contributed by atoms with Gasteiger partial charge in [0, 0.05) is 6.20 Å². The Balaban J connectivity index is 2.07. The van der Waals surface area contributed by atoms with E-state index in [-0.39, 0.29) is 11.1 Å². The molecule has 0 aliphatic rings. The quantitative estimate of drug-likeness (QED) is 0.848. The summed E-state index contributed by atoms with van der Waals surface area (Å²) in [5.41, 5.74) is 1.51. The molecule has 0 aromatic carbocycles. The van der Waals surface area contributed by atoms with Crippen molar-refractivity contribution in [1.82, 2.24) is 19.9 Å². The number of nitrogens with one attached hydrogen (secondary N) is 1. The Hall–Kier alpha value is -1.82. The van der Waals surface area contributed by atoms with Gasteiger partial charge in [-0.2, -0.15) is 4.98 Å². The Labute approximate surface area is 102 Å². The van der Waals surface area contributed by atoms with E-state index in [1.54, 1.807) is 12.4 Å². The Morgan fingerprint density at radius 3 is 2.76 bits per heavy atom. The van der Waals surface area contributed by atoms with Crippen LogP contribution in [-0.2, 0) is 6.54 Å². The van der Waals surface area contributed by atoms with E-state index >= 15 is 0 Å². The summed E-state index contributed by atoms with van der Waals surface area (Å²) in [5, 5.41) is 2.77. The highest BCUT2D eigenvalue weighted by Gasteiger charge is 2.05. The molecule has 0 radical (unpaired) electrons. The average Bonchev–Trinajstić information content (AvgIpc) is 2.32. The lowest BCUT2D eigenvalue weighted by Crippen LogP contribution is -2.06. The summed E-state index contributed by atoms with van der Waals surface area (Å²) in [7, 11) is 0. The number of aryl methyl sites for hydroxylation is 1. The monoisotopic (exact) mass is 253 g/mol. The fourth-order valence-electron chi connectivity index (χ4n) is 1.15. The van der Waals surface area contributed by atoms with E-state index in [1.165, 1.54) is 0 Å². The largest absolute Gasteiger partial charge is 0.362 e. The zero-order chi connectivity index (χ0) is 12.3. The van der Waals surface area contributed by atoms with Crippen molar-refractivity contribution in [3.05, 3.63) is 41.1 Å². The Morgan fingerprint density at radius 2 is 2.06 bits per heavy atom. The summed E-state index contributed by atoms with van der Waals surface area (Å²) < 4.78 is 13.3. The summed E-state index contributed by atoms with van der Waals surface area (Å²) >= 11 is 5.56. The Bertz CT molecular complexity index is 517. The van der Waals surface area contributed by atoms with Crippen molar-refractivity contribution >= 4 is 17.4 Å². The molecule has 0 unspecified atom stereocenters. The smallest absolute Gasteiger partial charge is 0.224 e. The van der Waals surface area contributed by atoms with E-state index in [1.807, 2.05) is 6.92 Å². The maximum absolute atomic E-state index is 13.3. The van der Waals surface area contributed by atoms with Gasteiger partial charge in [-0.15, -0.1) is 0 Å². The van der Waals surface area contributed by atoms with Gasteiger partial charge in [-0.1, -0.05) is 0 Å². The first-order valence-corrected chi connectivity index (χ1v) is 5.22. The molecule has 2 aromatic rings. The van der Waals surface area contributed by atoms with Crippen LogP contribution in [-0.4, -0.2) is 19.9 Å². The van der Waals surface area contributed by atoms with E-state index in [0.717, 1.165) is 11.9 Å². The first-order valence-electron chi connectivity index (χ1n) is 4.84. The second-order valence-electron chi connectivity index (χ2n) is 3.34. The normalized spacial score (nSPS) is 10.3. The lowest BCUT2D eigenvalue weighted by molar-refractivity contribution is 0.616. The molecule has 17 heavy (non-hydrogen) atoms. The van der Waals surface area contributed by atoms with Crippen LogP contribution in [0.2, 0.25) is 5.28 Å².